The number of urea groups is 1. The number of nitrogens with one attached hydrogen (secondary N) is 2. The normalized spacial score (nSPS) is 14.2. The van der Waals surface area contributed by atoms with Gasteiger partial charge in [-0.1, -0.05) is 43.0 Å². The number of rotatable bonds is 6. The minimum atomic E-state index is -0.296. The van der Waals surface area contributed by atoms with Crippen molar-refractivity contribution in [2.75, 3.05) is 24.7 Å². The van der Waals surface area contributed by atoms with Gasteiger partial charge in [-0.2, -0.15) is 5.10 Å². The SMILES string of the molecule is COc1ccc(-c2nn(-c3ccccc3Cl)c(N)c2NC(=O)NCC2CCCCC2)cc1. The highest BCUT2D eigenvalue weighted by molar-refractivity contribution is 6.32. The van der Waals surface area contributed by atoms with E-state index in [4.69, 9.17) is 27.2 Å². The first kappa shape index (κ1) is 22.0. The van der Waals surface area contributed by atoms with Crippen LogP contribution in [0.25, 0.3) is 16.9 Å². The number of para-hydroxylation sites is 1. The molecule has 0 spiro atoms. The molecular formula is C24H28ClN5O2. The summed E-state index contributed by atoms with van der Waals surface area (Å²) >= 11 is 6.39. The Morgan fingerprint density at radius 2 is 1.88 bits per heavy atom. The topological polar surface area (TPSA) is 94.2 Å². The minimum absolute atomic E-state index is 0.296. The summed E-state index contributed by atoms with van der Waals surface area (Å²) in [4.78, 5) is 12.7. The predicted molar refractivity (Wildman–Crippen MR) is 129 cm³/mol. The lowest BCUT2D eigenvalue weighted by Gasteiger charge is -2.21. The second-order valence-corrected chi connectivity index (χ2v) is 8.45. The molecule has 2 aromatic carbocycles. The fourth-order valence-corrected chi connectivity index (χ4v) is 4.31. The molecule has 1 fully saturated rings. The van der Waals surface area contributed by atoms with E-state index >= 15 is 0 Å². The maximum Gasteiger partial charge on any atom is 0.319 e. The minimum Gasteiger partial charge on any atom is -0.497 e. The molecule has 8 heteroatoms. The van der Waals surface area contributed by atoms with Gasteiger partial charge in [-0.25, -0.2) is 9.48 Å². The number of amides is 2. The smallest absolute Gasteiger partial charge is 0.319 e. The molecule has 0 radical (unpaired) electrons. The number of nitrogen functional groups attached to an aromatic ring is 1. The monoisotopic (exact) mass is 453 g/mol. The van der Waals surface area contributed by atoms with Crippen LogP contribution in [0.15, 0.2) is 48.5 Å². The first-order valence-electron chi connectivity index (χ1n) is 10.9. The van der Waals surface area contributed by atoms with Gasteiger partial charge in [0.05, 0.1) is 17.8 Å². The first-order chi connectivity index (χ1) is 15.6. The van der Waals surface area contributed by atoms with Gasteiger partial charge in [-0.15, -0.1) is 0 Å². The van der Waals surface area contributed by atoms with Crippen molar-refractivity contribution in [3.05, 3.63) is 53.6 Å². The van der Waals surface area contributed by atoms with Crippen molar-refractivity contribution in [2.45, 2.75) is 32.1 Å². The zero-order valence-electron chi connectivity index (χ0n) is 18.1. The third-order valence-electron chi connectivity index (χ3n) is 5.88. The molecule has 1 aliphatic carbocycles. The summed E-state index contributed by atoms with van der Waals surface area (Å²) in [7, 11) is 1.61. The second kappa shape index (κ2) is 9.96. The maximum absolute atomic E-state index is 12.7. The number of hydrogen-bond acceptors (Lipinski definition) is 4. The van der Waals surface area contributed by atoms with E-state index in [0.717, 1.165) is 24.2 Å². The molecule has 1 aliphatic rings. The number of carbonyl (C=O) groups is 1. The lowest BCUT2D eigenvalue weighted by Crippen LogP contribution is -2.34. The van der Waals surface area contributed by atoms with Crippen LogP contribution in [-0.4, -0.2) is 29.5 Å². The van der Waals surface area contributed by atoms with Crippen molar-refractivity contribution in [1.29, 1.82) is 0 Å². The molecule has 1 saturated carbocycles. The molecule has 0 saturated heterocycles. The fraction of sp³-hybridized carbons (Fsp3) is 0.333. The van der Waals surface area contributed by atoms with Gasteiger partial charge >= 0.3 is 6.03 Å². The molecule has 3 aromatic rings. The van der Waals surface area contributed by atoms with Crippen LogP contribution in [-0.2, 0) is 0 Å². The zero-order chi connectivity index (χ0) is 22.5. The van der Waals surface area contributed by atoms with Gasteiger partial charge in [0.2, 0.25) is 0 Å². The predicted octanol–water partition coefficient (Wildman–Crippen LogP) is 5.49. The Balaban J connectivity index is 1.64. The molecular weight excluding hydrogens is 426 g/mol. The van der Waals surface area contributed by atoms with E-state index < -0.39 is 0 Å². The molecule has 7 nitrogen and oxygen atoms in total. The number of anilines is 2. The molecule has 0 aliphatic heterocycles. The number of aromatic nitrogens is 2. The lowest BCUT2D eigenvalue weighted by atomic mass is 9.89. The lowest BCUT2D eigenvalue weighted by molar-refractivity contribution is 0.247. The standard InChI is InChI=1S/C24H28ClN5O2/c1-32-18-13-11-17(12-14-18)21-22(28-24(31)27-15-16-7-3-2-4-8-16)23(26)30(29-21)20-10-6-5-9-19(20)25/h5-6,9-14,16H,2-4,7-8,15,26H2,1H3,(H2,27,28,31). The number of methoxy groups -OCH3 is 1. The van der Waals surface area contributed by atoms with Gasteiger partial charge in [-0.05, 0) is 55.2 Å². The van der Waals surface area contributed by atoms with Crippen molar-refractivity contribution in [2.24, 2.45) is 5.92 Å². The highest BCUT2D eigenvalue weighted by atomic mass is 35.5. The average Bonchev–Trinajstić information content (AvgIpc) is 3.14. The van der Waals surface area contributed by atoms with E-state index in [-0.39, 0.29) is 6.03 Å². The van der Waals surface area contributed by atoms with Gasteiger partial charge in [0.25, 0.3) is 0 Å². The second-order valence-electron chi connectivity index (χ2n) is 8.04. The highest BCUT2D eigenvalue weighted by Gasteiger charge is 2.22. The van der Waals surface area contributed by atoms with Crippen LogP contribution in [0.2, 0.25) is 5.02 Å². The molecule has 2 amide bonds. The van der Waals surface area contributed by atoms with Gasteiger partial charge in [0.15, 0.2) is 5.82 Å². The summed E-state index contributed by atoms with van der Waals surface area (Å²) in [6.45, 7) is 0.655. The molecule has 32 heavy (non-hydrogen) atoms. The van der Waals surface area contributed by atoms with Crippen molar-refractivity contribution in [1.82, 2.24) is 15.1 Å². The maximum atomic E-state index is 12.7. The summed E-state index contributed by atoms with van der Waals surface area (Å²) in [5.41, 5.74) is 8.89. The van der Waals surface area contributed by atoms with Gasteiger partial charge in [0, 0.05) is 12.1 Å². The van der Waals surface area contributed by atoms with E-state index in [0.29, 0.717) is 40.4 Å². The summed E-state index contributed by atoms with van der Waals surface area (Å²) in [6, 6.07) is 14.4. The van der Waals surface area contributed by atoms with E-state index in [1.54, 1.807) is 17.9 Å². The Morgan fingerprint density at radius 1 is 1.16 bits per heavy atom. The Kier molecular flexibility index (Phi) is 6.85. The molecule has 1 aromatic heterocycles. The summed E-state index contributed by atoms with van der Waals surface area (Å²) < 4.78 is 6.81. The molecule has 4 N–H and O–H groups in total. The van der Waals surface area contributed by atoms with Gasteiger partial charge in [-0.3, -0.25) is 0 Å². The van der Waals surface area contributed by atoms with Crippen molar-refractivity contribution in [3.8, 4) is 22.7 Å². The molecule has 0 bridgehead atoms. The molecule has 4 rings (SSSR count). The summed E-state index contributed by atoms with van der Waals surface area (Å²) in [5, 5.41) is 11.1. The number of halogens is 1. The Morgan fingerprint density at radius 3 is 2.56 bits per heavy atom. The van der Waals surface area contributed by atoms with Crippen LogP contribution in [0.1, 0.15) is 32.1 Å². The van der Waals surface area contributed by atoms with E-state index in [1.807, 2.05) is 42.5 Å². The number of hydrogen-bond donors (Lipinski definition) is 3. The summed E-state index contributed by atoms with van der Waals surface area (Å²) in [6.07, 6.45) is 6.06. The molecule has 168 valence electrons. The number of ether oxygens (including phenoxy) is 1. The Bertz CT molecular complexity index is 1070. The Labute approximate surface area is 192 Å². The van der Waals surface area contributed by atoms with E-state index in [1.165, 1.54) is 19.3 Å². The van der Waals surface area contributed by atoms with Gasteiger partial charge < -0.3 is 21.1 Å². The van der Waals surface area contributed by atoms with Crippen molar-refractivity contribution in [3.63, 3.8) is 0 Å². The average molecular weight is 454 g/mol. The van der Waals surface area contributed by atoms with Crippen molar-refractivity contribution < 1.29 is 9.53 Å². The molecule has 1 heterocycles. The largest absolute Gasteiger partial charge is 0.497 e. The van der Waals surface area contributed by atoms with Crippen LogP contribution in [0.5, 0.6) is 5.75 Å². The Hall–Kier alpha value is -3.19. The van der Waals surface area contributed by atoms with Gasteiger partial charge in [0.1, 0.15) is 17.1 Å². The molecule has 0 atom stereocenters. The van der Waals surface area contributed by atoms with E-state index in [9.17, 15) is 4.79 Å². The van der Waals surface area contributed by atoms with Crippen LogP contribution in [0.4, 0.5) is 16.3 Å². The third kappa shape index (κ3) is 4.83. The number of benzene rings is 2. The zero-order valence-corrected chi connectivity index (χ0v) is 18.9. The number of nitrogens with two attached hydrogens (primary N) is 1. The van der Waals surface area contributed by atoms with Crippen LogP contribution in [0.3, 0.4) is 0 Å². The van der Waals surface area contributed by atoms with E-state index in [2.05, 4.69) is 10.6 Å². The quantitative estimate of drug-likeness (QED) is 0.460. The van der Waals surface area contributed by atoms with Crippen molar-refractivity contribution >= 4 is 29.1 Å². The fourth-order valence-electron chi connectivity index (χ4n) is 4.10. The highest BCUT2D eigenvalue weighted by Crippen LogP contribution is 2.36. The molecule has 0 unspecified atom stereocenters. The number of nitrogens with zero attached hydrogens (tertiary/aromatic N) is 2. The third-order valence-corrected chi connectivity index (χ3v) is 6.20. The first-order valence-corrected chi connectivity index (χ1v) is 11.3. The van der Waals surface area contributed by atoms with Crippen LogP contribution >= 0.6 is 11.6 Å². The number of carbonyl (C=O) groups excluding carboxylic acids is 1. The summed E-state index contributed by atoms with van der Waals surface area (Å²) in [5.74, 6) is 1.56. The van der Waals surface area contributed by atoms with Crippen LogP contribution < -0.4 is 21.1 Å². The van der Waals surface area contributed by atoms with Crippen LogP contribution in [0, 0.1) is 5.92 Å².